The summed E-state index contributed by atoms with van der Waals surface area (Å²) < 4.78 is 5.79. The van der Waals surface area contributed by atoms with Crippen LogP contribution in [0.25, 0.3) is 0 Å². The normalized spacial score (nSPS) is 14.6. The Hall–Kier alpha value is -2.83. The molecule has 1 aromatic rings. The number of amides is 4. The molecule has 1 aliphatic rings. The third-order valence-corrected chi connectivity index (χ3v) is 5.35. The molecule has 32 heavy (non-hydrogen) atoms. The smallest absolute Gasteiger partial charge is 0.334 e. The fraction of sp³-hybridized carbons (Fsp3) is 0.560. The lowest BCUT2D eigenvalue weighted by atomic mass is 10.1. The van der Waals surface area contributed by atoms with E-state index < -0.39 is 17.8 Å². The number of ether oxygens (including phenoxy) is 1. The van der Waals surface area contributed by atoms with Crippen LogP contribution in [-0.2, 0) is 9.59 Å². The summed E-state index contributed by atoms with van der Waals surface area (Å²) in [6.07, 6.45) is 8.68. The SMILES string of the molecule is CCCCCCCCOc1ccc(NC=C2C(=O)N(C(C)C)C(=O)N(C(C)C)C2=O)cc1. The van der Waals surface area contributed by atoms with Crippen LogP contribution in [0.5, 0.6) is 5.75 Å². The molecule has 1 aliphatic heterocycles. The van der Waals surface area contributed by atoms with Crippen molar-refractivity contribution in [3.05, 3.63) is 36.0 Å². The van der Waals surface area contributed by atoms with Crippen LogP contribution < -0.4 is 10.1 Å². The van der Waals surface area contributed by atoms with Crippen LogP contribution in [0.15, 0.2) is 36.0 Å². The summed E-state index contributed by atoms with van der Waals surface area (Å²) in [6.45, 7) is 9.90. The number of nitrogens with zero attached hydrogens (tertiary/aromatic N) is 2. The Morgan fingerprint density at radius 2 is 1.38 bits per heavy atom. The largest absolute Gasteiger partial charge is 0.494 e. The fourth-order valence-electron chi connectivity index (χ4n) is 3.55. The summed E-state index contributed by atoms with van der Waals surface area (Å²) in [5, 5.41) is 3.01. The van der Waals surface area contributed by atoms with Crippen molar-refractivity contribution in [3.63, 3.8) is 0 Å². The van der Waals surface area contributed by atoms with E-state index in [4.69, 9.17) is 4.74 Å². The van der Waals surface area contributed by atoms with E-state index in [9.17, 15) is 14.4 Å². The first-order chi connectivity index (χ1) is 15.3. The van der Waals surface area contributed by atoms with Gasteiger partial charge in [0.05, 0.1) is 6.61 Å². The number of unbranched alkanes of at least 4 members (excludes halogenated alkanes) is 5. The zero-order valence-corrected chi connectivity index (χ0v) is 20.0. The molecule has 1 heterocycles. The molecule has 1 saturated heterocycles. The van der Waals surface area contributed by atoms with E-state index in [2.05, 4.69) is 12.2 Å². The molecule has 0 aromatic heterocycles. The molecule has 7 nitrogen and oxygen atoms in total. The van der Waals surface area contributed by atoms with Gasteiger partial charge in [-0.15, -0.1) is 0 Å². The van der Waals surface area contributed by atoms with E-state index >= 15 is 0 Å². The molecule has 0 bridgehead atoms. The van der Waals surface area contributed by atoms with Gasteiger partial charge in [-0.05, 0) is 58.4 Å². The summed E-state index contributed by atoms with van der Waals surface area (Å²) in [7, 11) is 0. The molecule has 1 fully saturated rings. The summed E-state index contributed by atoms with van der Waals surface area (Å²) in [6, 6.07) is 6.09. The lowest BCUT2D eigenvalue weighted by Gasteiger charge is -2.37. The maximum Gasteiger partial charge on any atom is 0.334 e. The lowest BCUT2D eigenvalue weighted by molar-refractivity contribution is -0.137. The Morgan fingerprint density at radius 3 is 1.91 bits per heavy atom. The third-order valence-electron chi connectivity index (χ3n) is 5.35. The summed E-state index contributed by atoms with van der Waals surface area (Å²) in [5.41, 5.74) is 0.657. The molecule has 1 aromatic carbocycles. The van der Waals surface area contributed by atoms with E-state index in [1.807, 2.05) is 24.3 Å². The highest BCUT2D eigenvalue weighted by Crippen LogP contribution is 2.23. The van der Waals surface area contributed by atoms with E-state index in [1.54, 1.807) is 27.7 Å². The molecule has 176 valence electrons. The van der Waals surface area contributed by atoms with Gasteiger partial charge >= 0.3 is 6.03 Å². The number of imide groups is 2. The second-order valence-corrected chi connectivity index (χ2v) is 8.66. The lowest BCUT2D eigenvalue weighted by Crippen LogP contribution is -2.60. The van der Waals surface area contributed by atoms with E-state index in [0.29, 0.717) is 12.3 Å². The maximum absolute atomic E-state index is 12.8. The first kappa shape index (κ1) is 25.4. The van der Waals surface area contributed by atoms with E-state index in [0.717, 1.165) is 22.0 Å². The van der Waals surface area contributed by atoms with Crippen molar-refractivity contribution in [1.82, 2.24) is 9.80 Å². The minimum Gasteiger partial charge on any atom is -0.494 e. The minimum absolute atomic E-state index is 0.0598. The molecular formula is C25H37N3O4. The highest BCUT2D eigenvalue weighted by molar-refractivity contribution is 6.29. The maximum atomic E-state index is 12.8. The van der Waals surface area contributed by atoms with Crippen LogP contribution in [0.3, 0.4) is 0 Å². The standard InChI is InChI=1S/C25H37N3O4/c1-6-7-8-9-10-11-16-32-21-14-12-20(13-15-21)26-17-22-23(29)27(18(2)3)25(31)28(19(4)5)24(22)30/h12-15,17-19,26H,6-11,16H2,1-5H3. The van der Waals surface area contributed by atoms with Gasteiger partial charge in [-0.3, -0.25) is 19.4 Å². The van der Waals surface area contributed by atoms with Crippen LogP contribution in [0, 0.1) is 0 Å². The molecule has 0 atom stereocenters. The van der Waals surface area contributed by atoms with Crippen molar-refractivity contribution in [1.29, 1.82) is 0 Å². The average molecular weight is 444 g/mol. The highest BCUT2D eigenvalue weighted by Gasteiger charge is 2.44. The topological polar surface area (TPSA) is 79.0 Å². The Bertz CT molecular complexity index is 783. The molecule has 2 rings (SSSR count). The van der Waals surface area contributed by atoms with Crippen molar-refractivity contribution in [2.24, 2.45) is 0 Å². The fourth-order valence-corrected chi connectivity index (χ4v) is 3.55. The zero-order valence-electron chi connectivity index (χ0n) is 20.0. The van der Waals surface area contributed by atoms with Gasteiger partial charge in [0, 0.05) is 24.0 Å². The molecular weight excluding hydrogens is 406 g/mol. The van der Waals surface area contributed by atoms with Gasteiger partial charge in [0.1, 0.15) is 11.3 Å². The molecule has 1 N–H and O–H groups in total. The Labute approximate surface area is 191 Å². The molecule has 0 radical (unpaired) electrons. The first-order valence-electron chi connectivity index (χ1n) is 11.7. The number of carbonyl (C=O) groups excluding carboxylic acids is 3. The van der Waals surface area contributed by atoms with Crippen LogP contribution in [0.2, 0.25) is 0 Å². The number of barbiturate groups is 1. The summed E-state index contributed by atoms with van der Waals surface area (Å²) in [5.74, 6) is -0.388. The number of urea groups is 1. The molecule has 0 aliphatic carbocycles. The number of nitrogens with one attached hydrogen (secondary N) is 1. The van der Waals surface area contributed by atoms with E-state index in [1.165, 1.54) is 38.3 Å². The predicted octanol–water partition coefficient (Wildman–Crippen LogP) is 5.33. The predicted molar refractivity (Wildman–Crippen MR) is 126 cm³/mol. The van der Waals surface area contributed by atoms with Crippen molar-refractivity contribution < 1.29 is 19.1 Å². The van der Waals surface area contributed by atoms with Crippen LogP contribution in [-0.4, -0.2) is 46.3 Å². The Kier molecular flexibility index (Phi) is 9.75. The van der Waals surface area contributed by atoms with Crippen molar-refractivity contribution in [3.8, 4) is 5.75 Å². The van der Waals surface area contributed by atoms with Gasteiger partial charge in [0.25, 0.3) is 11.8 Å². The summed E-state index contributed by atoms with van der Waals surface area (Å²) in [4.78, 5) is 40.4. The van der Waals surface area contributed by atoms with Gasteiger partial charge < -0.3 is 10.1 Å². The van der Waals surface area contributed by atoms with Gasteiger partial charge in [0.2, 0.25) is 0 Å². The van der Waals surface area contributed by atoms with Crippen LogP contribution in [0.1, 0.15) is 73.1 Å². The van der Waals surface area contributed by atoms with Gasteiger partial charge in [0.15, 0.2) is 0 Å². The molecule has 0 saturated carbocycles. The number of rotatable bonds is 12. The quantitative estimate of drug-likeness (QED) is 0.268. The zero-order chi connectivity index (χ0) is 23.7. The monoisotopic (exact) mass is 443 g/mol. The number of benzene rings is 1. The van der Waals surface area contributed by atoms with Crippen molar-refractivity contribution in [2.45, 2.75) is 85.2 Å². The minimum atomic E-state index is -0.585. The molecule has 0 unspecified atom stereocenters. The van der Waals surface area contributed by atoms with Crippen LogP contribution >= 0.6 is 0 Å². The van der Waals surface area contributed by atoms with Gasteiger partial charge in [-0.2, -0.15) is 0 Å². The number of hydrogen-bond donors (Lipinski definition) is 1. The third kappa shape index (κ3) is 6.58. The summed E-state index contributed by atoms with van der Waals surface area (Å²) >= 11 is 0. The Balaban J connectivity index is 1.98. The average Bonchev–Trinajstić information content (AvgIpc) is 2.73. The number of carbonyl (C=O) groups is 3. The first-order valence-corrected chi connectivity index (χ1v) is 11.7. The van der Waals surface area contributed by atoms with Crippen LogP contribution in [0.4, 0.5) is 10.5 Å². The van der Waals surface area contributed by atoms with Gasteiger partial charge in [-0.25, -0.2) is 4.79 Å². The van der Waals surface area contributed by atoms with Crippen molar-refractivity contribution in [2.75, 3.05) is 11.9 Å². The van der Waals surface area contributed by atoms with Crippen molar-refractivity contribution >= 4 is 23.5 Å². The Morgan fingerprint density at radius 1 is 0.844 bits per heavy atom. The second-order valence-electron chi connectivity index (χ2n) is 8.66. The highest BCUT2D eigenvalue weighted by atomic mass is 16.5. The molecule has 0 spiro atoms. The van der Waals surface area contributed by atoms with Gasteiger partial charge in [-0.1, -0.05) is 39.0 Å². The number of anilines is 1. The molecule has 4 amide bonds. The molecule has 7 heteroatoms. The second kappa shape index (κ2) is 12.3. The number of hydrogen-bond acceptors (Lipinski definition) is 5. The van der Waals surface area contributed by atoms with E-state index in [-0.39, 0.29) is 17.7 Å².